The molecule has 1 saturated heterocycles. The first kappa shape index (κ1) is 11.1. The Morgan fingerprint density at radius 2 is 2.25 bits per heavy atom. The minimum Gasteiger partial charge on any atom is -0.320 e. The topological polar surface area (TPSA) is 46.3 Å². The first-order valence-electron chi connectivity index (χ1n) is 5.42. The van der Waals surface area contributed by atoms with Gasteiger partial charge < -0.3 is 10.6 Å². The maximum atomic E-state index is 13.6. The number of aryl methyl sites for hydroxylation is 1. The molecule has 3 nitrogen and oxygen atoms in total. The van der Waals surface area contributed by atoms with Crippen LogP contribution in [-0.4, -0.2) is 18.5 Å². The highest BCUT2D eigenvalue weighted by Gasteiger charge is 2.28. The summed E-state index contributed by atoms with van der Waals surface area (Å²) < 4.78 is 13.6. The molecule has 16 heavy (non-hydrogen) atoms. The molecule has 2 rings (SSSR count). The van der Waals surface area contributed by atoms with E-state index in [4.69, 9.17) is 5.73 Å². The van der Waals surface area contributed by atoms with Crippen LogP contribution in [0.3, 0.4) is 0 Å². The van der Waals surface area contributed by atoms with Gasteiger partial charge in [-0.05, 0) is 37.5 Å². The lowest BCUT2D eigenvalue weighted by Gasteiger charge is -2.30. The van der Waals surface area contributed by atoms with Gasteiger partial charge in [0.05, 0.1) is 11.7 Å². The average Bonchev–Trinajstić information content (AvgIpc) is 2.26. The molecule has 1 unspecified atom stereocenters. The zero-order valence-electron chi connectivity index (χ0n) is 9.24. The summed E-state index contributed by atoms with van der Waals surface area (Å²) in [5.41, 5.74) is 6.96. The summed E-state index contributed by atoms with van der Waals surface area (Å²) in [5, 5.41) is 0. The van der Waals surface area contributed by atoms with E-state index in [-0.39, 0.29) is 11.7 Å². The van der Waals surface area contributed by atoms with Gasteiger partial charge >= 0.3 is 0 Å². The van der Waals surface area contributed by atoms with Crippen LogP contribution >= 0.6 is 0 Å². The maximum Gasteiger partial charge on any atom is 0.243 e. The Morgan fingerprint density at radius 3 is 3.00 bits per heavy atom. The van der Waals surface area contributed by atoms with E-state index >= 15 is 0 Å². The lowest BCUT2D eigenvalue weighted by Crippen LogP contribution is -2.48. The predicted octanol–water partition coefficient (Wildman–Crippen LogP) is 1.59. The third-order valence-corrected chi connectivity index (χ3v) is 2.87. The molecule has 0 bridgehead atoms. The summed E-state index contributed by atoms with van der Waals surface area (Å²) in [6, 6.07) is 4.27. The number of nitrogens with zero attached hydrogens (tertiary/aromatic N) is 1. The molecule has 1 heterocycles. The van der Waals surface area contributed by atoms with Gasteiger partial charge in [-0.2, -0.15) is 0 Å². The molecule has 1 aromatic carbocycles. The molecule has 1 aliphatic rings. The molecular weight excluding hydrogens is 207 g/mol. The molecule has 1 atom stereocenters. The zero-order valence-corrected chi connectivity index (χ0v) is 9.24. The minimum absolute atomic E-state index is 0.184. The quantitative estimate of drug-likeness (QED) is 0.784. The molecule has 2 N–H and O–H groups in total. The van der Waals surface area contributed by atoms with Crippen LogP contribution in [0.25, 0.3) is 0 Å². The SMILES string of the molecule is Cc1ccc(F)c(N2CCCC(N)C2=O)c1. The Morgan fingerprint density at radius 1 is 1.50 bits per heavy atom. The Hall–Kier alpha value is -1.42. The van der Waals surface area contributed by atoms with Crippen molar-refractivity contribution < 1.29 is 9.18 Å². The molecule has 0 radical (unpaired) electrons. The van der Waals surface area contributed by atoms with E-state index < -0.39 is 6.04 Å². The van der Waals surface area contributed by atoms with Crippen molar-refractivity contribution in [3.63, 3.8) is 0 Å². The number of anilines is 1. The largest absolute Gasteiger partial charge is 0.320 e. The number of hydrogen-bond acceptors (Lipinski definition) is 2. The highest BCUT2D eigenvalue weighted by Crippen LogP contribution is 2.24. The third-order valence-electron chi connectivity index (χ3n) is 2.87. The number of piperidine rings is 1. The Kier molecular flexibility index (Phi) is 2.92. The summed E-state index contributed by atoms with van der Waals surface area (Å²) in [6.07, 6.45) is 1.50. The zero-order chi connectivity index (χ0) is 11.7. The summed E-state index contributed by atoms with van der Waals surface area (Å²) in [7, 11) is 0. The van der Waals surface area contributed by atoms with Crippen molar-refractivity contribution in [2.24, 2.45) is 5.73 Å². The molecule has 1 fully saturated rings. The van der Waals surface area contributed by atoms with Crippen molar-refractivity contribution in [1.29, 1.82) is 0 Å². The van der Waals surface area contributed by atoms with E-state index in [1.807, 2.05) is 6.92 Å². The number of rotatable bonds is 1. The summed E-state index contributed by atoms with van der Waals surface area (Å²) in [5.74, 6) is -0.552. The van der Waals surface area contributed by atoms with Crippen molar-refractivity contribution >= 4 is 11.6 Å². The molecule has 0 aromatic heterocycles. The highest BCUT2D eigenvalue weighted by atomic mass is 19.1. The molecule has 0 aliphatic carbocycles. The number of carbonyl (C=O) groups excluding carboxylic acids is 1. The monoisotopic (exact) mass is 222 g/mol. The van der Waals surface area contributed by atoms with E-state index in [0.717, 1.165) is 12.0 Å². The number of amides is 1. The van der Waals surface area contributed by atoms with Crippen LogP contribution in [0.15, 0.2) is 18.2 Å². The average molecular weight is 222 g/mol. The summed E-state index contributed by atoms with van der Waals surface area (Å²) in [4.78, 5) is 13.3. The van der Waals surface area contributed by atoms with Gasteiger partial charge in [-0.25, -0.2) is 4.39 Å². The number of nitrogens with two attached hydrogens (primary N) is 1. The second-order valence-corrected chi connectivity index (χ2v) is 4.19. The Balaban J connectivity index is 2.35. The Labute approximate surface area is 94.0 Å². The number of benzene rings is 1. The second-order valence-electron chi connectivity index (χ2n) is 4.19. The van der Waals surface area contributed by atoms with Gasteiger partial charge in [0.15, 0.2) is 0 Å². The van der Waals surface area contributed by atoms with E-state index in [0.29, 0.717) is 18.7 Å². The van der Waals surface area contributed by atoms with Crippen molar-refractivity contribution in [3.05, 3.63) is 29.6 Å². The van der Waals surface area contributed by atoms with Crippen LogP contribution in [0, 0.1) is 12.7 Å². The number of carbonyl (C=O) groups is 1. The molecule has 4 heteroatoms. The predicted molar refractivity (Wildman–Crippen MR) is 60.7 cm³/mol. The fourth-order valence-corrected chi connectivity index (χ4v) is 1.97. The van der Waals surface area contributed by atoms with Gasteiger partial charge in [-0.1, -0.05) is 6.07 Å². The van der Waals surface area contributed by atoms with Crippen LogP contribution in [0.5, 0.6) is 0 Å². The number of halogens is 1. The van der Waals surface area contributed by atoms with Crippen LogP contribution in [0.1, 0.15) is 18.4 Å². The maximum absolute atomic E-state index is 13.6. The van der Waals surface area contributed by atoms with E-state index in [1.165, 1.54) is 11.0 Å². The van der Waals surface area contributed by atoms with Crippen LogP contribution in [0.2, 0.25) is 0 Å². The fraction of sp³-hybridized carbons (Fsp3) is 0.417. The van der Waals surface area contributed by atoms with Crippen LogP contribution in [0.4, 0.5) is 10.1 Å². The summed E-state index contributed by atoms with van der Waals surface area (Å²) >= 11 is 0. The first-order valence-corrected chi connectivity index (χ1v) is 5.42. The molecule has 1 amide bonds. The first-order chi connectivity index (χ1) is 7.59. The smallest absolute Gasteiger partial charge is 0.243 e. The van der Waals surface area contributed by atoms with Crippen LogP contribution in [-0.2, 0) is 4.79 Å². The fourth-order valence-electron chi connectivity index (χ4n) is 1.97. The summed E-state index contributed by atoms with van der Waals surface area (Å²) in [6.45, 7) is 2.42. The van der Waals surface area contributed by atoms with Gasteiger partial charge in [0, 0.05) is 6.54 Å². The number of hydrogen-bond donors (Lipinski definition) is 1. The molecule has 0 spiro atoms. The molecular formula is C12H15FN2O. The van der Waals surface area contributed by atoms with Gasteiger partial charge in [-0.3, -0.25) is 4.79 Å². The van der Waals surface area contributed by atoms with Crippen molar-refractivity contribution in [1.82, 2.24) is 0 Å². The van der Waals surface area contributed by atoms with Gasteiger partial charge in [0.2, 0.25) is 5.91 Å². The lowest BCUT2D eigenvalue weighted by molar-refractivity contribution is -0.120. The van der Waals surface area contributed by atoms with Crippen molar-refractivity contribution in [2.45, 2.75) is 25.8 Å². The highest BCUT2D eigenvalue weighted by molar-refractivity contribution is 5.97. The molecule has 1 aromatic rings. The second kappa shape index (κ2) is 4.22. The van der Waals surface area contributed by atoms with Crippen molar-refractivity contribution in [2.75, 3.05) is 11.4 Å². The third kappa shape index (κ3) is 1.93. The lowest BCUT2D eigenvalue weighted by atomic mass is 10.0. The molecule has 86 valence electrons. The van der Waals surface area contributed by atoms with E-state index in [2.05, 4.69) is 0 Å². The minimum atomic E-state index is -0.492. The van der Waals surface area contributed by atoms with Crippen LogP contribution < -0.4 is 10.6 Å². The van der Waals surface area contributed by atoms with E-state index in [1.54, 1.807) is 12.1 Å². The van der Waals surface area contributed by atoms with Gasteiger partial charge in [0.25, 0.3) is 0 Å². The Bertz CT molecular complexity index is 419. The van der Waals surface area contributed by atoms with Crippen molar-refractivity contribution in [3.8, 4) is 0 Å². The van der Waals surface area contributed by atoms with E-state index in [9.17, 15) is 9.18 Å². The van der Waals surface area contributed by atoms with Gasteiger partial charge in [0.1, 0.15) is 5.82 Å². The normalized spacial score (nSPS) is 21.3. The molecule has 0 saturated carbocycles. The van der Waals surface area contributed by atoms with Gasteiger partial charge in [-0.15, -0.1) is 0 Å². The molecule has 1 aliphatic heterocycles. The standard InChI is InChI=1S/C12H15FN2O/c1-8-4-5-9(13)11(7-8)15-6-2-3-10(14)12(15)16/h4-5,7,10H,2-3,6,14H2,1H3.